The third-order valence-electron chi connectivity index (χ3n) is 5.51. The van der Waals surface area contributed by atoms with Gasteiger partial charge in [0.05, 0.1) is 17.9 Å². The average Bonchev–Trinajstić information content (AvgIpc) is 3.32. The maximum Gasteiger partial charge on any atom is 0.252 e. The van der Waals surface area contributed by atoms with Crippen molar-refractivity contribution in [3.63, 3.8) is 0 Å². The zero-order valence-corrected chi connectivity index (χ0v) is 17.7. The highest BCUT2D eigenvalue weighted by molar-refractivity contribution is 5.83. The molecule has 3 aromatic heterocycles. The zero-order chi connectivity index (χ0) is 21.5. The van der Waals surface area contributed by atoms with Crippen molar-refractivity contribution in [2.24, 2.45) is 0 Å². The molecule has 0 spiro atoms. The van der Waals surface area contributed by atoms with Gasteiger partial charge in [-0.05, 0) is 50.6 Å². The van der Waals surface area contributed by atoms with Gasteiger partial charge >= 0.3 is 0 Å². The van der Waals surface area contributed by atoms with Crippen LogP contribution in [0.2, 0.25) is 0 Å². The smallest absolute Gasteiger partial charge is 0.252 e. The number of pyridine rings is 1. The van der Waals surface area contributed by atoms with E-state index in [1.165, 1.54) is 0 Å². The number of oxazole rings is 1. The third kappa shape index (κ3) is 3.26. The predicted octanol–water partition coefficient (Wildman–Crippen LogP) is 4.82. The number of hydrogen-bond acceptors (Lipinski definition) is 4. The van der Waals surface area contributed by atoms with Crippen LogP contribution >= 0.6 is 0 Å². The van der Waals surface area contributed by atoms with Crippen LogP contribution in [0.4, 0.5) is 0 Å². The topological polar surface area (TPSA) is 65.8 Å². The van der Waals surface area contributed by atoms with E-state index in [1.54, 1.807) is 10.6 Å². The van der Waals surface area contributed by atoms with E-state index in [9.17, 15) is 4.79 Å². The van der Waals surface area contributed by atoms with Crippen molar-refractivity contribution in [1.82, 2.24) is 19.3 Å². The Kier molecular flexibility index (Phi) is 4.55. The van der Waals surface area contributed by atoms with Crippen LogP contribution in [0.5, 0.6) is 0 Å². The van der Waals surface area contributed by atoms with E-state index < -0.39 is 0 Å². The summed E-state index contributed by atoms with van der Waals surface area (Å²) in [6.07, 6.45) is 0. The van der Waals surface area contributed by atoms with Gasteiger partial charge in [0, 0.05) is 17.0 Å². The molecule has 0 aliphatic heterocycles. The summed E-state index contributed by atoms with van der Waals surface area (Å²) >= 11 is 0. The summed E-state index contributed by atoms with van der Waals surface area (Å²) in [6.45, 7) is 6.10. The average molecular weight is 410 g/mol. The van der Waals surface area contributed by atoms with Gasteiger partial charge < -0.3 is 4.42 Å². The molecule has 0 bridgehead atoms. The Morgan fingerprint density at radius 1 is 0.935 bits per heavy atom. The number of rotatable bonds is 4. The molecule has 154 valence electrons. The number of nitrogens with zero attached hydrogens (tertiary/aromatic N) is 4. The number of para-hydroxylation sites is 1. The van der Waals surface area contributed by atoms with Crippen molar-refractivity contribution in [1.29, 1.82) is 0 Å². The van der Waals surface area contributed by atoms with Crippen molar-refractivity contribution in [3.8, 4) is 17.1 Å². The second-order valence-electron chi connectivity index (χ2n) is 7.67. The fraction of sp³-hybridized carbons (Fsp3) is 0.160. The summed E-state index contributed by atoms with van der Waals surface area (Å²) < 4.78 is 9.49. The zero-order valence-electron chi connectivity index (χ0n) is 17.7. The van der Waals surface area contributed by atoms with E-state index in [-0.39, 0.29) is 5.56 Å². The maximum atomic E-state index is 13.1. The Morgan fingerprint density at radius 2 is 1.61 bits per heavy atom. The van der Waals surface area contributed by atoms with Crippen molar-refractivity contribution in [2.45, 2.75) is 27.3 Å². The first-order chi connectivity index (χ1) is 15.0. The summed E-state index contributed by atoms with van der Waals surface area (Å²) in [7, 11) is 0. The van der Waals surface area contributed by atoms with Crippen LogP contribution in [0.1, 0.15) is 22.7 Å². The third-order valence-corrected chi connectivity index (χ3v) is 5.51. The largest absolute Gasteiger partial charge is 0.441 e. The first-order valence-corrected chi connectivity index (χ1v) is 10.2. The molecule has 31 heavy (non-hydrogen) atoms. The summed E-state index contributed by atoms with van der Waals surface area (Å²) in [6, 6.07) is 21.3. The van der Waals surface area contributed by atoms with E-state index >= 15 is 0 Å². The quantitative estimate of drug-likeness (QED) is 0.426. The van der Waals surface area contributed by atoms with Crippen LogP contribution in [0.25, 0.3) is 28.2 Å². The monoisotopic (exact) mass is 410 g/mol. The van der Waals surface area contributed by atoms with Crippen LogP contribution in [0, 0.1) is 20.8 Å². The second kappa shape index (κ2) is 7.40. The number of aromatic nitrogens is 4. The SMILES string of the molecule is Cc1oc(-c2ccccc2)nc1Cn1c(=O)cc(C)c2c(C)nn(-c3ccccc3)c21. The number of aryl methyl sites for hydroxylation is 3. The van der Waals surface area contributed by atoms with E-state index in [2.05, 4.69) is 0 Å². The molecule has 6 heteroatoms. The Balaban J connectivity index is 1.69. The molecule has 6 nitrogen and oxygen atoms in total. The van der Waals surface area contributed by atoms with Gasteiger partial charge in [-0.2, -0.15) is 5.10 Å². The lowest BCUT2D eigenvalue weighted by atomic mass is 10.1. The Morgan fingerprint density at radius 3 is 2.32 bits per heavy atom. The minimum absolute atomic E-state index is 0.0919. The Hall–Kier alpha value is -3.93. The molecule has 3 heterocycles. The minimum Gasteiger partial charge on any atom is -0.441 e. The van der Waals surface area contributed by atoms with Crippen LogP contribution in [-0.4, -0.2) is 19.3 Å². The van der Waals surface area contributed by atoms with Gasteiger partial charge in [-0.25, -0.2) is 9.67 Å². The molecule has 0 aliphatic carbocycles. The molecule has 0 aliphatic rings. The first-order valence-electron chi connectivity index (χ1n) is 10.2. The number of fused-ring (bicyclic) bond motifs is 1. The molecular formula is C25H22N4O2. The molecule has 0 unspecified atom stereocenters. The molecule has 0 atom stereocenters. The van der Waals surface area contributed by atoms with E-state index in [0.29, 0.717) is 18.2 Å². The molecule has 0 saturated carbocycles. The van der Waals surface area contributed by atoms with Gasteiger partial charge in [-0.15, -0.1) is 0 Å². The van der Waals surface area contributed by atoms with Gasteiger partial charge in [0.25, 0.3) is 5.56 Å². The highest BCUT2D eigenvalue weighted by Gasteiger charge is 2.19. The molecule has 0 fully saturated rings. The van der Waals surface area contributed by atoms with Gasteiger partial charge in [0.1, 0.15) is 17.1 Å². The van der Waals surface area contributed by atoms with E-state index in [0.717, 1.165) is 39.2 Å². The molecule has 5 aromatic rings. The van der Waals surface area contributed by atoms with Crippen LogP contribution in [-0.2, 0) is 6.54 Å². The number of hydrogen-bond donors (Lipinski definition) is 0. The lowest BCUT2D eigenvalue weighted by Crippen LogP contribution is -2.23. The lowest BCUT2D eigenvalue weighted by molar-refractivity contribution is 0.537. The van der Waals surface area contributed by atoms with Gasteiger partial charge in [-0.1, -0.05) is 36.4 Å². The molecule has 0 saturated heterocycles. The van der Waals surface area contributed by atoms with Crippen molar-refractivity contribution < 1.29 is 4.42 Å². The van der Waals surface area contributed by atoms with Crippen molar-refractivity contribution in [2.75, 3.05) is 0 Å². The predicted molar refractivity (Wildman–Crippen MR) is 121 cm³/mol. The van der Waals surface area contributed by atoms with Crippen LogP contribution in [0.15, 0.2) is 75.9 Å². The normalized spacial score (nSPS) is 11.3. The van der Waals surface area contributed by atoms with Gasteiger partial charge in [0.15, 0.2) is 0 Å². The summed E-state index contributed by atoms with van der Waals surface area (Å²) in [5, 5.41) is 5.73. The molecule has 0 amide bonds. The highest BCUT2D eigenvalue weighted by Crippen LogP contribution is 2.26. The summed E-state index contributed by atoms with van der Waals surface area (Å²) in [5.41, 5.74) is 5.00. The van der Waals surface area contributed by atoms with Crippen molar-refractivity contribution in [3.05, 3.63) is 99.8 Å². The molecule has 2 aromatic carbocycles. The van der Waals surface area contributed by atoms with Gasteiger partial charge in [0.2, 0.25) is 5.89 Å². The Bertz CT molecular complexity index is 1440. The van der Waals surface area contributed by atoms with Gasteiger partial charge in [-0.3, -0.25) is 9.36 Å². The molecule has 0 N–H and O–H groups in total. The highest BCUT2D eigenvalue weighted by atomic mass is 16.4. The molecule has 5 rings (SSSR count). The first kappa shape index (κ1) is 19.1. The second-order valence-corrected chi connectivity index (χ2v) is 7.67. The Labute approximate surface area is 179 Å². The number of benzene rings is 2. The minimum atomic E-state index is -0.0919. The molecular weight excluding hydrogens is 388 g/mol. The maximum absolute atomic E-state index is 13.1. The molecule has 0 radical (unpaired) electrons. The standard InChI is InChI=1S/C25H22N4O2/c1-16-14-22(30)28(15-21-18(3)31-24(26-21)19-10-6-4-7-11-19)25-23(16)17(2)27-29(25)20-12-8-5-9-13-20/h4-14H,15H2,1-3H3. The lowest BCUT2D eigenvalue weighted by Gasteiger charge is -2.11. The summed E-state index contributed by atoms with van der Waals surface area (Å²) in [4.78, 5) is 17.8. The summed E-state index contributed by atoms with van der Waals surface area (Å²) in [5.74, 6) is 1.25. The van der Waals surface area contributed by atoms with Crippen LogP contribution < -0.4 is 5.56 Å². The fourth-order valence-corrected chi connectivity index (χ4v) is 4.00. The van der Waals surface area contributed by atoms with Crippen LogP contribution in [0.3, 0.4) is 0 Å². The van der Waals surface area contributed by atoms with E-state index in [1.807, 2.05) is 86.1 Å². The fourth-order valence-electron chi connectivity index (χ4n) is 4.00. The van der Waals surface area contributed by atoms with Crippen molar-refractivity contribution >= 4 is 11.0 Å². The van der Waals surface area contributed by atoms with E-state index in [4.69, 9.17) is 14.5 Å².